The van der Waals surface area contributed by atoms with Crippen molar-refractivity contribution in [1.82, 2.24) is 9.66 Å². The quantitative estimate of drug-likeness (QED) is 0.102. The molecule has 0 aliphatic rings. The Morgan fingerprint density at radius 1 is 1.00 bits per heavy atom. The Hall–Kier alpha value is -4.78. The Bertz CT molecular complexity index is 2060. The summed E-state index contributed by atoms with van der Waals surface area (Å²) < 4.78 is 33.2. The Kier molecular flexibility index (Phi) is 11.1. The highest BCUT2D eigenvalue weighted by Crippen LogP contribution is 2.36. The van der Waals surface area contributed by atoms with Crippen LogP contribution in [0.1, 0.15) is 50.3 Å². The molecule has 11 heteroatoms. The minimum absolute atomic E-state index is 0.169. The van der Waals surface area contributed by atoms with Crippen LogP contribution in [0.4, 0.5) is 10.1 Å². The highest BCUT2D eigenvalue weighted by atomic mass is 127. The van der Waals surface area contributed by atoms with Crippen LogP contribution < -0.4 is 25.1 Å². The van der Waals surface area contributed by atoms with Crippen LogP contribution in [0.15, 0.2) is 82.7 Å². The van der Waals surface area contributed by atoms with Crippen molar-refractivity contribution in [3.63, 3.8) is 0 Å². The summed E-state index contributed by atoms with van der Waals surface area (Å²) in [4.78, 5) is 31.4. The van der Waals surface area contributed by atoms with Gasteiger partial charge in [0.15, 0.2) is 23.9 Å². The molecule has 0 aliphatic carbocycles. The lowest BCUT2D eigenvalue weighted by Crippen LogP contribution is -2.21. The smallest absolute Gasteiger partial charge is 0.282 e. The molecule has 5 aromatic rings. The van der Waals surface area contributed by atoms with Gasteiger partial charge in [-0.1, -0.05) is 32.0 Å². The normalized spacial score (nSPS) is 11.3. The fourth-order valence-electron chi connectivity index (χ4n) is 5.17. The van der Waals surface area contributed by atoms with Crippen molar-refractivity contribution in [1.29, 1.82) is 0 Å². The molecule has 1 heterocycles. The molecule has 0 fully saturated rings. The Balaban J connectivity index is 1.52. The van der Waals surface area contributed by atoms with Gasteiger partial charge in [-0.3, -0.25) is 9.59 Å². The van der Waals surface area contributed by atoms with E-state index in [1.54, 1.807) is 30.5 Å². The van der Waals surface area contributed by atoms with Crippen molar-refractivity contribution < 1.29 is 23.4 Å². The first-order chi connectivity index (χ1) is 23.1. The summed E-state index contributed by atoms with van der Waals surface area (Å²) in [5.41, 5.74) is 3.89. The molecule has 1 amide bonds. The number of carbonyl (C=O) groups excluding carboxylic acids is 1. The maximum atomic E-state index is 13.9. The minimum Gasteiger partial charge on any atom is -0.494 e. The lowest BCUT2D eigenvalue weighted by atomic mass is 9.96. The third-order valence-corrected chi connectivity index (χ3v) is 8.18. The molecule has 1 aromatic heterocycles. The predicted molar refractivity (Wildman–Crippen MR) is 195 cm³/mol. The molecule has 9 nitrogen and oxygen atoms in total. The topological polar surface area (TPSA) is 104 Å². The van der Waals surface area contributed by atoms with E-state index in [2.05, 4.69) is 46.9 Å². The van der Waals surface area contributed by atoms with Crippen LogP contribution in [-0.2, 0) is 4.79 Å². The molecule has 0 atom stereocenters. The number of halogens is 2. The number of nitrogens with zero attached hydrogens (tertiary/aromatic N) is 3. The van der Waals surface area contributed by atoms with Gasteiger partial charge >= 0.3 is 0 Å². The number of benzene rings is 4. The van der Waals surface area contributed by atoms with Gasteiger partial charge in [0.2, 0.25) is 0 Å². The summed E-state index contributed by atoms with van der Waals surface area (Å²) >= 11 is 2.10. The predicted octanol–water partition coefficient (Wildman–Crippen LogP) is 7.94. The van der Waals surface area contributed by atoms with E-state index < -0.39 is 11.7 Å². The number of carbonyl (C=O) groups is 1. The summed E-state index contributed by atoms with van der Waals surface area (Å²) in [6.45, 7) is 10.5. The molecule has 1 N–H and O–H groups in total. The molecule has 0 unspecified atom stereocenters. The molecule has 0 saturated carbocycles. The van der Waals surface area contributed by atoms with E-state index >= 15 is 0 Å². The van der Waals surface area contributed by atoms with Crippen LogP contribution in [0.2, 0.25) is 0 Å². The van der Waals surface area contributed by atoms with Crippen LogP contribution in [-0.4, -0.2) is 41.6 Å². The lowest BCUT2D eigenvalue weighted by Gasteiger charge is -2.18. The average molecular weight is 763 g/mol. The summed E-state index contributed by atoms with van der Waals surface area (Å²) in [6, 6.07) is 20.4. The van der Waals surface area contributed by atoms with E-state index in [1.807, 2.05) is 51.1 Å². The number of nitrogens with one attached hydrogen (secondary N) is 1. The zero-order valence-electron chi connectivity index (χ0n) is 27.3. The van der Waals surface area contributed by atoms with Gasteiger partial charge in [0.25, 0.3) is 11.5 Å². The Labute approximate surface area is 291 Å². The maximum Gasteiger partial charge on any atom is 0.282 e. The second-order valence-electron chi connectivity index (χ2n) is 11.2. The van der Waals surface area contributed by atoms with Gasteiger partial charge in [-0.15, -0.1) is 0 Å². The van der Waals surface area contributed by atoms with Crippen LogP contribution in [0, 0.1) is 16.3 Å². The highest BCUT2D eigenvalue weighted by molar-refractivity contribution is 14.1. The molecule has 48 heavy (non-hydrogen) atoms. The van der Waals surface area contributed by atoms with E-state index in [0.29, 0.717) is 56.3 Å². The van der Waals surface area contributed by atoms with Gasteiger partial charge in [-0.2, -0.15) is 9.78 Å². The highest BCUT2D eigenvalue weighted by Gasteiger charge is 2.19. The molecule has 0 aliphatic heterocycles. The number of anilines is 1. The SMILES string of the molecule is CCOc1cc(C)c(-c2nc3ccccc3c(=O)n2N=Cc2cc(I)c(OCC(=O)Nc3cccc(F)c3)c(OCC)c2)cc1C(C)C. The van der Waals surface area contributed by atoms with Gasteiger partial charge in [0.1, 0.15) is 11.6 Å². The van der Waals surface area contributed by atoms with E-state index in [4.69, 9.17) is 19.2 Å². The molecule has 0 bridgehead atoms. The Morgan fingerprint density at radius 3 is 2.48 bits per heavy atom. The minimum atomic E-state index is -0.456. The largest absolute Gasteiger partial charge is 0.494 e. The molecule has 248 valence electrons. The third-order valence-electron chi connectivity index (χ3n) is 7.38. The molecular formula is C37H36FIN4O5. The number of aryl methyl sites for hydroxylation is 1. The van der Waals surface area contributed by atoms with Gasteiger partial charge in [-0.05, 0) is 121 Å². The summed E-state index contributed by atoms with van der Waals surface area (Å²) in [5.74, 6) is 1.24. The standard InChI is InChI=1S/C37H36FIN4O5/c1-6-46-32-15-23(5)29(19-28(32)22(3)4)36-42-31-14-9-8-13-27(31)37(45)43(36)40-20-24-16-30(39)35(33(17-24)47-7-2)48-21-34(44)41-26-12-10-11-25(38)18-26/h8-20,22H,6-7,21H2,1-5H3,(H,41,44). The van der Waals surface area contributed by atoms with Crippen LogP contribution in [0.25, 0.3) is 22.3 Å². The number of amides is 1. The number of hydrogen-bond acceptors (Lipinski definition) is 7. The van der Waals surface area contributed by atoms with Crippen LogP contribution in [0.3, 0.4) is 0 Å². The lowest BCUT2D eigenvalue weighted by molar-refractivity contribution is -0.118. The van der Waals surface area contributed by atoms with Crippen molar-refractivity contribution >= 4 is 51.3 Å². The first kappa shape index (κ1) is 34.6. The van der Waals surface area contributed by atoms with Gasteiger partial charge < -0.3 is 19.5 Å². The number of para-hydroxylation sites is 1. The molecule has 0 saturated heterocycles. The zero-order valence-corrected chi connectivity index (χ0v) is 29.5. The first-order valence-electron chi connectivity index (χ1n) is 15.6. The van der Waals surface area contributed by atoms with Crippen molar-refractivity contribution in [2.75, 3.05) is 25.1 Å². The van der Waals surface area contributed by atoms with Crippen LogP contribution in [0.5, 0.6) is 17.2 Å². The number of rotatable bonds is 12. The van der Waals surface area contributed by atoms with Gasteiger partial charge in [-0.25, -0.2) is 9.37 Å². The summed E-state index contributed by atoms with van der Waals surface area (Å²) in [5, 5.41) is 7.73. The molecule has 4 aromatic carbocycles. The maximum absolute atomic E-state index is 13.9. The average Bonchev–Trinajstić information content (AvgIpc) is 3.04. The molecule has 0 spiro atoms. The fraction of sp³-hybridized carbons (Fsp3) is 0.243. The summed E-state index contributed by atoms with van der Waals surface area (Å²) in [7, 11) is 0. The number of aromatic nitrogens is 2. The summed E-state index contributed by atoms with van der Waals surface area (Å²) in [6.07, 6.45) is 1.57. The van der Waals surface area contributed by atoms with E-state index in [-0.39, 0.29) is 18.1 Å². The van der Waals surface area contributed by atoms with E-state index in [0.717, 1.165) is 22.4 Å². The van der Waals surface area contributed by atoms with Crippen molar-refractivity contribution in [2.45, 2.75) is 40.5 Å². The number of hydrogen-bond donors (Lipinski definition) is 1. The van der Waals surface area contributed by atoms with Gasteiger partial charge in [0.05, 0.1) is 33.9 Å². The van der Waals surface area contributed by atoms with Crippen molar-refractivity contribution in [3.8, 4) is 28.6 Å². The monoisotopic (exact) mass is 762 g/mol. The second kappa shape index (κ2) is 15.4. The second-order valence-corrected chi connectivity index (χ2v) is 12.4. The van der Waals surface area contributed by atoms with Crippen molar-refractivity contribution in [3.05, 3.63) is 109 Å². The van der Waals surface area contributed by atoms with E-state index in [1.165, 1.54) is 22.9 Å². The molecule has 5 rings (SSSR count). The molecular weight excluding hydrogens is 726 g/mol. The number of ether oxygens (including phenoxy) is 3. The third kappa shape index (κ3) is 7.84. The van der Waals surface area contributed by atoms with Gasteiger partial charge in [0, 0.05) is 11.3 Å². The van der Waals surface area contributed by atoms with Crippen LogP contribution >= 0.6 is 22.6 Å². The number of fused-ring (bicyclic) bond motifs is 1. The first-order valence-corrected chi connectivity index (χ1v) is 16.7. The fourth-order valence-corrected chi connectivity index (χ4v) is 5.95. The zero-order chi connectivity index (χ0) is 34.4. The molecule has 0 radical (unpaired) electrons. The Morgan fingerprint density at radius 2 is 1.75 bits per heavy atom. The van der Waals surface area contributed by atoms with E-state index in [9.17, 15) is 14.0 Å². The van der Waals surface area contributed by atoms with Crippen molar-refractivity contribution in [2.24, 2.45) is 5.10 Å².